The standard InChI is InChI=1S/C13H16FN3OS/c14-11-5-4-9(8-10(11)12(15)19)16-13(18)17-6-2-1-3-7-17/h4-5,8H,1-3,6-7H2,(H2,15,19)(H,16,18). The van der Waals surface area contributed by atoms with Gasteiger partial charge in [-0.25, -0.2) is 9.18 Å². The third-order valence-corrected chi connectivity index (χ3v) is 3.35. The number of carbonyl (C=O) groups excluding carboxylic acids is 1. The summed E-state index contributed by atoms with van der Waals surface area (Å²) < 4.78 is 13.4. The number of urea groups is 1. The molecule has 3 N–H and O–H groups in total. The maximum Gasteiger partial charge on any atom is 0.321 e. The predicted octanol–water partition coefficient (Wildman–Crippen LogP) is 2.48. The first-order valence-corrected chi connectivity index (χ1v) is 6.64. The number of benzene rings is 1. The van der Waals surface area contributed by atoms with Crippen LogP contribution >= 0.6 is 12.2 Å². The van der Waals surface area contributed by atoms with Gasteiger partial charge in [0, 0.05) is 24.3 Å². The maximum absolute atomic E-state index is 13.4. The highest BCUT2D eigenvalue weighted by Crippen LogP contribution is 2.16. The number of nitrogens with two attached hydrogens (primary N) is 1. The van der Waals surface area contributed by atoms with Gasteiger partial charge in [0.2, 0.25) is 0 Å². The maximum atomic E-state index is 13.4. The second-order valence-corrected chi connectivity index (χ2v) is 4.98. The van der Waals surface area contributed by atoms with Gasteiger partial charge >= 0.3 is 6.03 Å². The van der Waals surface area contributed by atoms with Crippen LogP contribution in [0, 0.1) is 5.82 Å². The molecule has 0 saturated carbocycles. The number of carbonyl (C=O) groups is 1. The molecule has 4 nitrogen and oxygen atoms in total. The lowest BCUT2D eigenvalue weighted by Crippen LogP contribution is -2.38. The Balaban J connectivity index is 2.08. The fourth-order valence-electron chi connectivity index (χ4n) is 2.09. The summed E-state index contributed by atoms with van der Waals surface area (Å²) in [6, 6.07) is 4.04. The van der Waals surface area contributed by atoms with Gasteiger partial charge < -0.3 is 16.0 Å². The van der Waals surface area contributed by atoms with Gasteiger partial charge in [-0.2, -0.15) is 0 Å². The first kappa shape index (κ1) is 13.7. The van der Waals surface area contributed by atoms with E-state index in [1.165, 1.54) is 18.2 Å². The van der Waals surface area contributed by atoms with Crippen LogP contribution in [-0.2, 0) is 0 Å². The molecular weight excluding hydrogens is 265 g/mol. The second-order valence-electron chi connectivity index (χ2n) is 4.54. The van der Waals surface area contributed by atoms with Crippen LogP contribution in [-0.4, -0.2) is 29.0 Å². The van der Waals surface area contributed by atoms with Crippen molar-refractivity contribution in [3.8, 4) is 0 Å². The van der Waals surface area contributed by atoms with E-state index >= 15 is 0 Å². The fourth-order valence-corrected chi connectivity index (χ4v) is 2.25. The highest BCUT2D eigenvalue weighted by atomic mass is 32.1. The van der Waals surface area contributed by atoms with Gasteiger partial charge in [0.25, 0.3) is 0 Å². The van der Waals surface area contributed by atoms with Gasteiger partial charge in [-0.1, -0.05) is 12.2 Å². The van der Waals surface area contributed by atoms with E-state index in [0.717, 1.165) is 32.4 Å². The van der Waals surface area contributed by atoms with E-state index in [1.807, 2.05) is 0 Å². The van der Waals surface area contributed by atoms with Crippen LogP contribution in [0.5, 0.6) is 0 Å². The molecule has 0 aromatic heterocycles. The van der Waals surface area contributed by atoms with Crippen molar-refractivity contribution in [2.24, 2.45) is 5.73 Å². The Kier molecular flexibility index (Phi) is 4.31. The molecule has 2 amide bonds. The van der Waals surface area contributed by atoms with Crippen molar-refractivity contribution in [2.75, 3.05) is 18.4 Å². The minimum atomic E-state index is -0.483. The lowest BCUT2D eigenvalue weighted by Gasteiger charge is -2.26. The Bertz CT molecular complexity index is 501. The van der Waals surface area contributed by atoms with Crippen LogP contribution in [0.25, 0.3) is 0 Å². The summed E-state index contributed by atoms with van der Waals surface area (Å²) in [6.07, 6.45) is 3.20. The van der Waals surface area contributed by atoms with E-state index in [9.17, 15) is 9.18 Å². The molecule has 19 heavy (non-hydrogen) atoms. The topological polar surface area (TPSA) is 58.4 Å². The van der Waals surface area contributed by atoms with Crippen LogP contribution in [0.3, 0.4) is 0 Å². The molecule has 0 radical (unpaired) electrons. The average Bonchev–Trinajstić information content (AvgIpc) is 2.41. The normalized spacial score (nSPS) is 15.1. The molecule has 0 spiro atoms. The minimum Gasteiger partial charge on any atom is -0.389 e. The van der Waals surface area contributed by atoms with Crippen LogP contribution in [0.2, 0.25) is 0 Å². The number of hydrogen-bond donors (Lipinski definition) is 2. The van der Waals surface area contributed by atoms with Crippen molar-refractivity contribution in [3.05, 3.63) is 29.6 Å². The third kappa shape index (κ3) is 3.41. The molecule has 102 valence electrons. The van der Waals surface area contributed by atoms with Crippen LogP contribution < -0.4 is 11.1 Å². The zero-order valence-corrected chi connectivity index (χ0v) is 11.3. The lowest BCUT2D eigenvalue weighted by molar-refractivity contribution is 0.200. The lowest BCUT2D eigenvalue weighted by atomic mass is 10.1. The Morgan fingerprint density at radius 2 is 2.00 bits per heavy atom. The number of anilines is 1. The zero-order chi connectivity index (χ0) is 13.8. The van der Waals surface area contributed by atoms with Crippen molar-refractivity contribution in [1.29, 1.82) is 0 Å². The first-order chi connectivity index (χ1) is 9.08. The molecule has 2 rings (SSSR count). The smallest absolute Gasteiger partial charge is 0.321 e. The van der Waals surface area contributed by atoms with Crippen LogP contribution in [0.15, 0.2) is 18.2 Å². The van der Waals surface area contributed by atoms with Crippen molar-refractivity contribution >= 4 is 28.9 Å². The summed E-state index contributed by atoms with van der Waals surface area (Å²) in [4.78, 5) is 13.7. The number of hydrogen-bond acceptors (Lipinski definition) is 2. The summed E-state index contributed by atoms with van der Waals surface area (Å²) in [5, 5.41) is 2.74. The molecule has 1 heterocycles. The Labute approximate surface area is 116 Å². The fraction of sp³-hybridized carbons (Fsp3) is 0.385. The molecule has 0 aliphatic carbocycles. The highest BCUT2D eigenvalue weighted by Gasteiger charge is 2.17. The number of amides is 2. The van der Waals surface area contributed by atoms with Crippen molar-refractivity contribution in [3.63, 3.8) is 0 Å². The molecule has 0 bridgehead atoms. The second kappa shape index (κ2) is 5.97. The van der Waals surface area contributed by atoms with Crippen LogP contribution in [0.1, 0.15) is 24.8 Å². The van der Waals surface area contributed by atoms with E-state index in [-0.39, 0.29) is 16.6 Å². The third-order valence-electron chi connectivity index (χ3n) is 3.13. The molecule has 1 aromatic carbocycles. The van der Waals surface area contributed by atoms with Gasteiger partial charge in [0.05, 0.1) is 0 Å². The molecular formula is C13H16FN3OS. The Morgan fingerprint density at radius 3 is 2.63 bits per heavy atom. The largest absolute Gasteiger partial charge is 0.389 e. The molecule has 1 saturated heterocycles. The van der Waals surface area contributed by atoms with E-state index < -0.39 is 5.82 Å². The Hall–Kier alpha value is -1.69. The highest BCUT2D eigenvalue weighted by molar-refractivity contribution is 7.80. The number of nitrogens with one attached hydrogen (secondary N) is 1. The zero-order valence-electron chi connectivity index (χ0n) is 10.5. The number of rotatable bonds is 2. The number of thiocarbonyl (C=S) groups is 1. The summed E-state index contributed by atoms with van der Waals surface area (Å²) in [5.41, 5.74) is 6.07. The molecule has 1 aliphatic rings. The average molecular weight is 281 g/mol. The summed E-state index contributed by atoms with van der Waals surface area (Å²) in [6.45, 7) is 1.52. The molecule has 0 atom stereocenters. The number of halogens is 1. The summed E-state index contributed by atoms with van der Waals surface area (Å²) in [5.74, 6) is -0.483. The number of piperidine rings is 1. The molecule has 6 heteroatoms. The van der Waals surface area contributed by atoms with Gasteiger partial charge in [-0.05, 0) is 37.5 Å². The quantitative estimate of drug-likeness (QED) is 0.819. The Morgan fingerprint density at radius 1 is 1.32 bits per heavy atom. The van der Waals surface area contributed by atoms with E-state index in [2.05, 4.69) is 5.32 Å². The number of nitrogens with zero attached hydrogens (tertiary/aromatic N) is 1. The molecule has 1 aromatic rings. The molecule has 0 unspecified atom stereocenters. The molecule has 1 fully saturated rings. The van der Waals surface area contributed by atoms with Gasteiger partial charge in [0.1, 0.15) is 10.8 Å². The van der Waals surface area contributed by atoms with Gasteiger partial charge in [-0.15, -0.1) is 0 Å². The van der Waals surface area contributed by atoms with Gasteiger partial charge in [-0.3, -0.25) is 0 Å². The minimum absolute atomic E-state index is 0.0217. The van der Waals surface area contributed by atoms with Gasteiger partial charge in [0.15, 0.2) is 0 Å². The number of likely N-dealkylation sites (tertiary alicyclic amines) is 1. The first-order valence-electron chi connectivity index (χ1n) is 6.23. The van der Waals surface area contributed by atoms with Crippen LogP contribution in [0.4, 0.5) is 14.9 Å². The van der Waals surface area contributed by atoms with Crippen molar-refractivity contribution in [2.45, 2.75) is 19.3 Å². The monoisotopic (exact) mass is 281 g/mol. The van der Waals surface area contributed by atoms with Crippen molar-refractivity contribution in [1.82, 2.24) is 4.90 Å². The SMILES string of the molecule is NC(=S)c1cc(NC(=O)N2CCCCC2)ccc1F. The van der Waals surface area contributed by atoms with E-state index in [4.69, 9.17) is 18.0 Å². The molecule has 1 aliphatic heterocycles. The van der Waals surface area contributed by atoms with E-state index in [0.29, 0.717) is 5.69 Å². The van der Waals surface area contributed by atoms with E-state index in [1.54, 1.807) is 4.90 Å². The van der Waals surface area contributed by atoms with Crippen molar-refractivity contribution < 1.29 is 9.18 Å². The summed E-state index contributed by atoms with van der Waals surface area (Å²) in [7, 11) is 0. The summed E-state index contributed by atoms with van der Waals surface area (Å²) >= 11 is 4.76. The predicted molar refractivity (Wildman–Crippen MR) is 76.7 cm³/mol.